The number of ketones is 1. The molecule has 0 unspecified atom stereocenters. The maximum absolute atomic E-state index is 12.8. The molecule has 0 saturated carbocycles. The fourth-order valence-electron chi connectivity index (χ4n) is 3.38. The average Bonchev–Trinajstić information content (AvgIpc) is 2.93. The Morgan fingerprint density at radius 3 is 2.54 bits per heavy atom. The van der Waals surface area contributed by atoms with Crippen molar-refractivity contribution in [1.82, 2.24) is 4.90 Å². The fourth-order valence-corrected chi connectivity index (χ4v) is 3.80. The van der Waals surface area contributed by atoms with Gasteiger partial charge < -0.3 is 14.7 Å². The van der Waals surface area contributed by atoms with Gasteiger partial charge in [-0.05, 0) is 31.0 Å². The van der Waals surface area contributed by atoms with Crippen LogP contribution in [0.4, 0.5) is 0 Å². The molecule has 0 aromatic heterocycles. The van der Waals surface area contributed by atoms with Crippen LogP contribution in [0.1, 0.15) is 29.2 Å². The smallest absolute Gasteiger partial charge is 0.295 e. The van der Waals surface area contributed by atoms with E-state index >= 15 is 0 Å². The number of aryl methyl sites for hydroxylation is 1. The lowest BCUT2D eigenvalue weighted by Gasteiger charge is -2.25. The number of methoxy groups -OCH3 is 1. The van der Waals surface area contributed by atoms with E-state index in [1.54, 1.807) is 19.2 Å². The van der Waals surface area contributed by atoms with E-state index in [-0.39, 0.29) is 11.3 Å². The van der Waals surface area contributed by atoms with E-state index in [4.69, 9.17) is 4.74 Å². The number of amides is 1. The number of ether oxygens (including phenoxy) is 1. The second kappa shape index (κ2) is 8.71. The molecule has 1 aliphatic heterocycles. The molecule has 1 aliphatic rings. The van der Waals surface area contributed by atoms with Gasteiger partial charge in [-0.2, -0.15) is 0 Å². The lowest BCUT2D eigenvalue weighted by molar-refractivity contribution is -0.140. The molecule has 5 nitrogen and oxygen atoms in total. The molecule has 1 saturated heterocycles. The Hall–Kier alpha value is -2.44. The lowest BCUT2D eigenvalue weighted by Crippen LogP contribution is -2.31. The summed E-state index contributed by atoms with van der Waals surface area (Å²) in [7, 11) is 1.59. The van der Waals surface area contributed by atoms with Gasteiger partial charge in [-0.15, -0.1) is 0 Å². The first-order valence-corrected chi connectivity index (χ1v) is 9.83. The van der Waals surface area contributed by atoms with Crippen molar-refractivity contribution >= 4 is 33.4 Å². The molecule has 0 bridgehead atoms. The number of halogens is 1. The average molecular weight is 444 g/mol. The fraction of sp³-hybridized carbons (Fsp3) is 0.273. The minimum Gasteiger partial charge on any atom is -0.507 e. The monoisotopic (exact) mass is 443 g/mol. The van der Waals surface area contributed by atoms with Gasteiger partial charge in [0.25, 0.3) is 11.7 Å². The zero-order valence-corrected chi connectivity index (χ0v) is 17.4. The van der Waals surface area contributed by atoms with Crippen molar-refractivity contribution in [3.8, 4) is 0 Å². The molecule has 1 atom stereocenters. The molecule has 1 fully saturated rings. The van der Waals surface area contributed by atoms with Crippen molar-refractivity contribution in [1.29, 1.82) is 0 Å². The van der Waals surface area contributed by atoms with Gasteiger partial charge in [0.05, 0.1) is 11.6 Å². The number of Topliss-reactive ketones (excluding diaryl/α,β-unsaturated/α-hetero) is 1. The highest BCUT2D eigenvalue weighted by Gasteiger charge is 2.45. The summed E-state index contributed by atoms with van der Waals surface area (Å²) in [5.74, 6) is -1.42. The van der Waals surface area contributed by atoms with Crippen LogP contribution in [0.15, 0.2) is 58.6 Å². The van der Waals surface area contributed by atoms with Crippen molar-refractivity contribution < 1.29 is 19.4 Å². The predicted octanol–water partition coefficient (Wildman–Crippen LogP) is 4.22. The molecule has 0 radical (unpaired) electrons. The second-order valence-electron chi connectivity index (χ2n) is 6.76. The molecule has 2 aromatic rings. The van der Waals surface area contributed by atoms with Crippen molar-refractivity contribution in [2.45, 2.75) is 19.4 Å². The van der Waals surface area contributed by atoms with E-state index in [1.165, 1.54) is 4.90 Å². The molecule has 1 amide bonds. The highest BCUT2D eigenvalue weighted by atomic mass is 79.9. The molecule has 2 aromatic carbocycles. The summed E-state index contributed by atoms with van der Waals surface area (Å²) in [6.45, 7) is 2.78. The third-order valence-electron chi connectivity index (χ3n) is 4.78. The van der Waals surface area contributed by atoms with E-state index in [0.29, 0.717) is 25.1 Å². The Bertz CT molecular complexity index is 920. The zero-order chi connectivity index (χ0) is 20.3. The van der Waals surface area contributed by atoms with E-state index in [1.807, 2.05) is 43.3 Å². The van der Waals surface area contributed by atoms with Crippen LogP contribution < -0.4 is 0 Å². The van der Waals surface area contributed by atoms with Gasteiger partial charge >= 0.3 is 0 Å². The SMILES string of the molecule is COCCCN1C(=O)C(=O)C(=C(O)c2ccc(C)cc2)[C@@H]1c1cccc(Br)c1. The van der Waals surface area contributed by atoms with Crippen molar-refractivity contribution in [2.24, 2.45) is 0 Å². The third-order valence-corrected chi connectivity index (χ3v) is 5.27. The van der Waals surface area contributed by atoms with Crippen molar-refractivity contribution in [2.75, 3.05) is 20.3 Å². The van der Waals surface area contributed by atoms with Gasteiger partial charge in [0, 0.05) is 30.3 Å². The quantitative estimate of drug-likeness (QED) is 0.314. The summed E-state index contributed by atoms with van der Waals surface area (Å²) in [6.07, 6.45) is 0.596. The van der Waals surface area contributed by atoms with Gasteiger partial charge in [-0.25, -0.2) is 0 Å². The van der Waals surface area contributed by atoms with Crippen LogP contribution in [0.5, 0.6) is 0 Å². The molecular weight excluding hydrogens is 422 g/mol. The molecule has 28 heavy (non-hydrogen) atoms. The van der Waals surface area contributed by atoms with Gasteiger partial charge in [-0.1, -0.05) is 57.9 Å². The number of benzene rings is 2. The first kappa shape index (κ1) is 20.3. The number of hydrogen-bond acceptors (Lipinski definition) is 4. The number of nitrogens with zero attached hydrogens (tertiary/aromatic N) is 1. The van der Waals surface area contributed by atoms with Crippen LogP contribution in [0, 0.1) is 6.92 Å². The van der Waals surface area contributed by atoms with E-state index < -0.39 is 17.7 Å². The van der Waals surface area contributed by atoms with Gasteiger partial charge in [0.1, 0.15) is 5.76 Å². The largest absolute Gasteiger partial charge is 0.507 e. The van der Waals surface area contributed by atoms with Crippen LogP contribution in [-0.2, 0) is 14.3 Å². The minimum atomic E-state index is -0.666. The zero-order valence-electron chi connectivity index (χ0n) is 15.8. The lowest BCUT2D eigenvalue weighted by atomic mass is 9.95. The number of rotatable bonds is 6. The van der Waals surface area contributed by atoms with Crippen LogP contribution in [0.2, 0.25) is 0 Å². The van der Waals surface area contributed by atoms with E-state index in [0.717, 1.165) is 15.6 Å². The van der Waals surface area contributed by atoms with Crippen molar-refractivity contribution in [3.05, 3.63) is 75.3 Å². The number of aliphatic hydroxyl groups excluding tert-OH is 1. The minimum absolute atomic E-state index is 0.115. The normalized spacial score (nSPS) is 18.7. The molecule has 0 spiro atoms. The highest BCUT2D eigenvalue weighted by Crippen LogP contribution is 2.40. The van der Waals surface area contributed by atoms with Gasteiger partial charge in [0.15, 0.2) is 0 Å². The molecule has 1 N–H and O–H groups in total. The maximum Gasteiger partial charge on any atom is 0.295 e. The molecular formula is C22H22BrNO4. The van der Waals surface area contributed by atoms with Gasteiger partial charge in [0.2, 0.25) is 0 Å². The summed E-state index contributed by atoms with van der Waals surface area (Å²) in [5.41, 5.74) is 2.43. The number of hydrogen-bond donors (Lipinski definition) is 1. The highest BCUT2D eigenvalue weighted by molar-refractivity contribution is 9.10. The van der Waals surface area contributed by atoms with Crippen LogP contribution in [0.3, 0.4) is 0 Å². The Morgan fingerprint density at radius 2 is 1.89 bits per heavy atom. The van der Waals surface area contributed by atoms with Crippen molar-refractivity contribution in [3.63, 3.8) is 0 Å². The van der Waals surface area contributed by atoms with Gasteiger partial charge in [-0.3, -0.25) is 9.59 Å². The molecule has 0 aliphatic carbocycles. The Labute approximate surface area is 172 Å². The standard InChI is InChI=1S/C22H22BrNO4/c1-14-7-9-15(10-8-14)20(25)18-19(16-5-3-6-17(23)13-16)24(11-4-12-28-2)22(27)21(18)26/h3,5-10,13,19,25H,4,11-12H2,1-2H3/t19-/m0/s1. The Balaban J connectivity index is 2.12. The van der Waals surface area contributed by atoms with Crippen LogP contribution >= 0.6 is 15.9 Å². The van der Waals surface area contributed by atoms with E-state index in [2.05, 4.69) is 15.9 Å². The third kappa shape index (κ3) is 4.03. The topological polar surface area (TPSA) is 66.8 Å². The number of carbonyl (C=O) groups excluding carboxylic acids is 2. The summed E-state index contributed by atoms with van der Waals surface area (Å²) >= 11 is 3.45. The van der Waals surface area contributed by atoms with Crippen LogP contribution in [-0.4, -0.2) is 42.0 Å². The maximum atomic E-state index is 12.8. The Kier molecular flexibility index (Phi) is 6.31. The molecule has 1 heterocycles. The first-order valence-electron chi connectivity index (χ1n) is 9.04. The number of likely N-dealkylation sites (tertiary alicyclic amines) is 1. The predicted molar refractivity (Wildman–Crippen MR) is 111 cm³/mol. The van der Waals surface area contributed by atoms with E-state index in [9.17, 15) is 14.7 Å². The summed E-state index contributed by atoms with van der Waals surface area (Å²) < 4.78 is 5.92. The molecule has 146 valence electrons. The second-order valence-corrected chi connectivity index (χ2v) is 7.68. The summed E-state index contributed by atoms with van der Waals surface area (Å²) in [5, 5.41) is 10.9. The summed E-state index contributed by atoms with van der Waals surface area (Å²) in [4.78, 5) is 27.1. The number of aliphatic hydroxyl groups is 1. The number of carbonyl (C=O) groups is 2. The van der Waals surface area contributed by atoms with Crippen LogP contribution in [0.25, 0.3) is 5.76 Å². The molecule has 3 rings (SSSR count). The first-order chi connectivity index (χ1) is 13.4. The summed E-state index contributed by atoms with van der Waals surface area (Å²) in [6, 6.07) is 14.0. The Morgan fingerprint density at radius 1 is 1.18 bits per heavy atom. The molecule has 6 heteroatoms.